The summed E-state index contributed by atoms with van der Waals surface area (Å²) in [5, 5.41) is 0. The molecule has 19 heavy (non-hydrogen) atoms. The van der Waals surface area contributed by atoms with Gasteiger partial charge in [-0.1, -0.05) is 6.07 Å². The maximum absolute atomic E-state index is 13.6. The number of hydrogen-bond donors (Lipinski definition) is 2. The van der Waals surface area contributed by atoms with Crippen LogP contribution < -0.4 is 10.5 Å². The van der Waals surface area contributed by atoms with Crippen LogP contribution in [0.15, 0.2) is 23.1 Å². The Labute approximate surface area is 111 Å². The monoisotopic (exact) mass is 289 g/mol. The van der Waals surface area contributed by atoms with E-state index in [0.29, 0.717) is 0 Å². The van der Waals surface area contributed by atoms with Crippen LogP contribution in [-0.2, 0) is 14.8 Å². The van der Waals surface area contributed by atoms with E-state index in [1.54, 1.807) is 0 Å². The number of halogens is 1. The third-order valence-corrected chi connectivity index (χ3v) is 4.04. The van der Waals surface area contributed by atoms with Crippen LogP contribution in [0.25, 0.3) is 0 Å². The first-order valence-electron chi connectivity index (χ1n) is 5.44. The number of amides is 1. The molecule has 1 unspecified atom stereocenters. The highest BCUT2D eigenvalue weighted by molar-refractivity contribution is 7.89. The minimum atomic E-state index is -4.20. The van der Waals surface area contributed by atoms with Gasteiger partial charge in [0.15, 0.2) is 0 Å². The number of hydrogen-bond acceptors (Lipinski definition) is 4. The van der Waals surface area contributed by atoms with Gasteiger partial charge in [-0.3, -0.25) is 4.79 Å². The van der Waals surface area contributed by atoms with Crippen molar-refractivity contribution in [3.8, 4) is 0 Å². The van der Waals surface area contributed by atoms with Crippen molar-refractivity contribution >= 4 is 21.6 Å². The molecule has 1 amide bonds. The number of nitrogens with zero attached hydrogens (tertiary/aromatic N) is 1. The van der Waals surface area contributed by atoms with Crippen LogP contribution in [0, 0.1) is 5.82 Å². The molecule has 0 radical (unpaired) electrons. The van der Waals surface area contributed by atoms with Gasteiger partial charge >= 0.3 is 0 Å². The van der Waals surface area contributed by atoms with Crippen molar-refractivity contribution in [3.63, 3.8) is 0 Å². The lowest BCUT2D eigenvalue weighted by molar-refractivity contribution is -0.130. The Kier molecular flexibility index (Phi) is 4.48. The first-order chi connectivity index (χ1) is 8.66. The van der Waals surface area contributed by atoms with Gasteiger partial charge in [0, 0.05) is 14.1 Å². The van der Waals surface area contributed by atoms with Gasteiger partial charge in [0.1, 0.15) is 10.7 Å². The van der Waals surface area contributed by atoms with Crippen molar-refractivity contribution in [1.29, 1.82) is 0 Å². The molecule has 0 aliphatic carbocycles. The van der Waals surface area contributed by atoms with Gasteiger partial charge in [0.2, 0.25) is 15.9 Å². The van der Waals surface area contributed by atoms with Crippen molar-refractivity contribution in [2.24, 2.45) is 0 Å². The van der Waals surface area contributed by atoms with Crippen LogP contribution >= 0.6 is 0 Å². The highest BCUT2D eigenvalue weighted by atomic mass is 32.2. The van der Waals surface area contributed by atoms with E-state index < -0.39 is 32.7 Å². The molecule has 3 N–H and O–H groups in total. The highest BCUT2D eigenvalue weighted by Crippen LogP contribution is 2.21. The Balaban J connectivity index is 3.10. The summed E-state index contributed by atoms with van der Waals surface area (Å²) in [6.07, 6.45) is 0. The molecule has 0 spiro atoms. The van der Waals surface area contributed by atoms with Crippen molar-refractivity contribution in [2.45, 2.75) is 17.9 Å². The summed E-state index contributed by atoms with van der Waals surface area (Å²) in [5.41, 5.74) is 5.25. The van der Waals surface area contributed by atoms with Crippen LogP contribution in [0.2, 0.25) is 0 Å². The fraction of sp³-hybridized carbons (Fsp3) is 0.364. The molecule has 1 aromatic carbocycles. The lowest BCUT2D eigenvalue weighted by Crippen LogP contribution is -2.44. The van der Waals surface area contributed by atoms with Gasteiger partial charge in [-0.25, -0.2) is 12.8 Å². The van der Waals surface area contributed by atoms with E-state index in [2.05, 4.69) is 4.72 Å². The Morgan fingerprint density at radius 1 is 1.42 bits per heavy atom. The molecule has 0 aliphatic rings. The molecular formula is C11H16FN3O3S. The van der Waals surface area contributed by atoms with E-state index in [0.717, 1.165) is 6.07 Å². The second-order valence-corrected chi connectivity index (χ2v) is 5.88. The van der Waals surface area contributed by atoms with Gasteiger partial charge in [0.05, 0.1) is 11.7 Å². The van der Waals surface area contributed by atoms with Gasteiger partial charge in [-0.2, -0.15) is 4.72 Å². The number of likely N-dealkylation sites (N-methyl/N-ethyl adjacent to an activating group) is 1. The second kappa shape index (κ2) is 5.54. The summed E-state index contributed by atoms with van der Waals surface area (Å²) in [7, 11) is -1.22. The Morgan fingerprint density at radius 2 is 2.00 bits per heavy atom. The zero-order valence-electron chi connectivity index (χ0n) is 10.8. The number of nitrogens with one attached hydrogen (secondary N) is 1. The van der Waals surface area contributed by atoms with Crippen molar-refractivity contribution in [3.05, 3.63) is 24.0 Å². The predicted octanol–water partition coefficient (Wildman–Crippen LogP) is 0.163. The van der Waals surface area contributed by atoms with E-state index in [4.69, 9.17) is 5.73 Å². The predicted molar refractivity (Wildman–Crippen MR) is 69.3 cm³/mol. The molecule has 8 heteroatoms. The summed E-state index contributed by atoms with van der Waals surface area (Å²) in [6.45, 7) is 1.37. The summed E-state index contributed by atoms with van der Waals surface area (Å²) in [4.78, 5) is 12.2. The molecular weight excluding hydrogens is 273 g/mol. The number of sulfonamides is 1. The molecule has 0 saturated heterocycles. The molecule has 106 valence electrons. The lowest BCUT2D eigenvalue weighted by Gasteiger charge is -2.18. The fourth-order valence-corrected chi connectivity index (χ4v) is 2.93. The maximum atomic E-state index is 13.6. The van der Waals surface area contributed by atoms with Crippen LogP contribution in [0.5, 0.6) is 0 Å². The third-order valence-electron chi connectivity index (χ3n) is 2.41. The number of carbonyl (C=O) groups excluding carboxylic acids is 1. The number of nitrogens with two attached hydrogens (primary N) is 1. The molecule has 1 rings (SSSR count). The van der Waals surface area contributed by atoms with Crippen LogP contribution in [0.1, 0.15) is 6.92 Å². The van der Waals surface area contributed by atoms with Crippen molar-refractivity contribution < 1.29 is 17.6 Å². The van der Waals surface area contributed by atoms with Gasteiger partial charge < -0.3 is 10.6 Å². The van der Waals surface area contributed by atoms with Gasteiger partial charge in [-0.15, -0.1) is 0 Å². The Morgan fingerprint density at radius 3 is 2.47 bits per heavy atom. The number of benzene rings is 1. The highest BCUT2D eigenvalue weighted by Gasteiger charge is 2.27. The molecule has 1 aromatic rings. The van der Waals surface area contributed by atoms with E-state index in [1.165, 1.54) is 38.1 Å². The maximum Gasteiger partial charge on any atom is 0.246 e. The first-order valence-corrected chi connectivity index (χ1v) is 6.92. The summed E-state index contributed by atoms with van der Waals surface area (Å²) in [6, 6.07) is 2.55. The summed E-state index contributed by atoms with van der Waals surface area (Å²) >= 11 is 0. The van der Waals surface area contributed by atoms with Crippen LogP contribution in [-0.4, -0.2) is 39.4 Å². The molecule has 0 heterocycles. The smallest absolute Gasteiger partial charge is 0.246 e. The van der Waals surface area contributed by atoms with E-state index in [-0.39, 0.29) is 5.69 Å². The number of anilines is 1. The number of carbonyl (C=O) groups is 1. The average Bonchev–Trinajstić information content (AvgIpc) is 2.26. The Hall–Kier alpha value is -1.67. The van der Waals surface area contributed by atoms with E-state index in [9.17, 15) is 17.6 Å². The Bertz CT molecular complexity index is 567. The fourth-order valence-electron chi connectivity index (χ4n) is 1.54. The minimum absolute atomic E-state index is 0.211. The van der Waals surface area contributed by atoms with E-state index >= 15 is 0 Å². The number of rotatable bonds is 4. The molecule has 0 aromatic heterocycles. The van der Waals surface area contributed by atoms with Crippen molar-refractivity contribution in [1.82, 2.24) is 9.62 Å². The van der Waals surface area contributed by atoms with Gasteiger partial charge in [0.25, 0.3) is 0 Å². The summed E-state index contributed by atoms with van der Waals surface area (Å²) < 4.78 is 39.7. The van der Waals surface area contributed by atoms with Crippen LogP contribution in [0.3, 0.4) is 0 Å². The largest absolute Gasteiger partial charge is 0.398 e. The zero-order chi connectivity index (χ0) is 14.8. The zero-order valence-corrected chi connectivity index (χ0v) is 11.7. The topological polar surface area (TPSA) is 92.5 Å². The standard InChI is InChI=1S/C11H16FN3O3S/c1-7(11(16)15(2)3)14-19(17,18)10-8(12)5-4-6-9(10)13/h4-7,14H,13H2,1-3H3. The van der Waals surface area contributed by atoms with Crippen LogP contribution in [0.4, 0.5) is 10.1 Å². The quantitative estimate of drug-likeness (QED) is 0.772. The van der Waals surface area contributed by atoms with Crippen molar-refractivity contribution in [2.75, 3.05) is 19.8 Å². The molecule has 0 saturated carbocycles. The molecule has 0 fully saturated rings. The molecule has 1 atom stereocenters. The molecule has 0 bridgehead atoms. The molecule has 6 nitrogen and oxygen atoms in total. The minimum Gasteiger partial charge on any atom is -0.398 e. The third kappa shape index (κ3) is 3.42. The first kappa shape index (κ1) is 15.4. The van der Waals surface area contributed by atoms with E-state index in [1.807, 2.05) is 0 Å². The number of nitrogen functional groups attached to an aromatic ring is 1. The SMILES string of the molecule is CC(NS(=O)(=O)c1c(N)cccc1F)C(=O)N(C)C. The summed E-state index contributed by atoms with van der Waals surface area (Å²) in [5.74, 6) is -1.41. The van der Waals surface area contributed by atoms with Gasteiger partial charge in [-0.05, 0) is 19.1 Å². The normalized spacial score (nSPS) is 13.1. The molecule has 0 aliphatic heterocycles. The lowest BCUT2D eigenvalue weighted by atomic mass is 10.3. The second-order valence-electron chi connectivity index (χ2n) is 4.23. The average molecular weight is 289 g/mol.